The van der Waals surface area contributed by atoms with Gasteiger partial charge in [0.05, 0.1) is 11.1 Å². The highest BCUT2D eigenvalue weighted by Gasteiger charge is 2.12. The number of nitrogens with one attached hydrogen (secondary N) is 1. The summed E-state index contributed by atoms with van der Waals surface area (Å²) in [5.41, 5.74) is 0.746. The van der Waals surface area contributed by atoms with Crippen LogP contribution in [-0.4, -0.2) is 6.61 Å². The van der Waals surface area contributed by atoms with Gasteiger partial charge >= 0.3 is 0 Å². The molecule has 0 fully saturated rings. The Morgan fingerprint density at radius 3 is 2.75 bits per heavy atom. The van der Waals surface area contributed by atoms with Gasteiger partial charge in [0.25, 0.3) is 0 Å². The van der Waals surface area contributed by atoms with Crippen molar-refractivity contribution < 1.29 is 13.5 Å². The Hall–Kier alpha value is -1.62. The third kappa shape index (κ3) is 3.48. The maximum atomic E-state index is 13.8. The van der Waals surface area contributed by atoms with Crippen LogP contribution in [0.15, 0.2) is 40.9 Å². The summed E-state index contributed by atoms with van der Waals surface area (Å²) in [6, 6.07) is 9.84. The van der Waals surface area contributed by atoms with E-state index in [-0.39, 0.29) is 16.6 Å². The van der Waals surface area contributed by atoms with E-state index in [9.17, 15) is 8.78 Å². The first-order valence-corrected chi connectivity index (χ1v) is 7.00. The van der Waals surface area contributed by atoms with Crippen molar-refractivity contribution in [3.63, 3.8) is 0 Å². The van der Waals surface area contributed by atoms with Gasteiger partial charge in [-0.15, -0.1) is 0 Å². The Morgan fingerprint density at radius 1 is 1.20 bits per heavy atom. The average molecular weight is 342 g/mol. The third-order valence-electron chi connectivity index (χ3n) is 2.75. The molecule has 106 valence electrons. The van der Waals surface area contributed by atoms with Crippen LogP contribution >= 0.6 is 15.9 Å². The number of ether oxygens (including phenoxy) is 1. The number of benzene rings is 2. The third-order valence-corrected chi connectivity index (χ3v) is 3.37. The summed E-state index contributed by atoms with van der Waals surface area (Å²) in [5, 5.41) is 2.99. The Labute approximate surface area is 124 Å². The minimum absolute atomic E-state index is 0.00110. The second-order valence-corrected chi connectivity index (χ2v) is 4.99. The second kappa shape index (κ2) is 6.70. The van der Waals surface area contributed by atoms with Crippen molar-refractivity contribution in [2.45, 2.75) is 13.5 Å². The van der Waals surface area contributed by atoms with E-state index in [0.717, 1.165) is 5.69 Å². The molecular formula is C15H14BrF2NO. The summed E-state index contributed by atoms with van der Waals surface area (Å²) in [6.45, 7) is 2.53. The van der Waals surface area contributed by atoms with Crippen LogP contribution in [0.5, 0.6) is 5.75 Å². The van der Waals surface area contributed by atoms with Crippen LogP contribution < -0.4 is 10.1 Å². The van der Waals surface area contributed by atoms with Crippen molar-refractivity contribution in [2.75, 3.05) is 11.9 Å². The summed E-state index contributed by atoms with van der Waals surface area (Å²) >= 11 is 3.05. The summed E-state index contributed by atoms with van der Waals surface area (Å²) in [5.74, 6) is -0.440. The quantitative estimate of drug-likeness (QED) is 0.793. The van der Waals surface area contributed by atoms with Crippen LogP contribution in [0.25, 0.3) is 0 Å². The highest BCUT2D eigenvalue weighted by molar-refractivity contribution is 9.10. The average Bonchev–Trinajstić information content (AvgIpc) is 2.44. The monoisotopic (exact) mass is 341 g/mol. The Bertz CT molecular complexity index is 604. The maximum absolute atomic E-state index is 13.8. The zero-order chi connectivity index (χ0) is 14.5. The lowest BCUT2D eigenvalue weighted by Gasteiger charge is -2.11. The molecule has 0 bridgehead atoms. The number of hydrogen-bond acceptors (Lipinski definition) is 2. The van der Waals surface area contributed by atoms with Gasteiger partial charge in [0.1, 0.15) is 17.4 Å². The second-order valence-electron chi connectivity index (χ2n) is 4.14. The van der Waals surface area contributed by atoms with Crippen LogP contribution in [0, 0.1) is 11.6 Å². The smallest absolute Gasteiger partial charge is 0.145 e. The van der Waals surface area contributed by atoms with E-state index in [1.54, 1.807) is 6.07 Å². The topological polar surface area (TPSA) is 21.3 Å². The standard InChI is InChI=1S/C15H14BrF2NO/c1-2-20-11-5-3-4-10(8-11)19-9-12-14(17)7-6-13(16)15(12)18/h3-8,19H,2,9H2,1H3. The minimum Gasteiger partial charge on any atom is -0.494 e. The van der Waals surface area contributed by atoms with E-state index < -0.39 is 11.6 Å². The SMILES string of the molecule is CCOc1cccc(NCc2c(F)ccc(Br)c2F)c1. The molecule has 0 aromatic heterocycles. The van der Waals surface area contributed by atoms with E-state index in [1.807, 2.05) is 25.1 Å². The first kappa shape index (κ1) is 14.8. The van der Waals surface area contributed by atoms with Gasteiger partial charge in [0, 0.05) is 23.9 Å². The van der Waals surface area contributed by atoms with Crippen molar-refractivity contribution in [1.29, 1.82) is 0 Å². The zero-order valence-electron chi connectivity index (χ0n) is 10.9. The molecule has 0 aliphatic heterocycles. The van der Waals surface area contributed by atoms with E-state index in [2.05, 4.69) is 21.2 Å². The lowest BCUT2D eigenvalue weighted by molar-refractivity contribution is 0.340. The van der Waals surface area contributed by atoms with Gasteiger partial charge in [-0.3, -0.25) is 0 Å². The summed E-state index contributed by atoms with van der Waals surface area (Å²) in [7, 11) is 0. The fourth-order valence-corrected chi connectivity index (χ4v) is 2.16. The van der Waals surface area contributed by atoms with Gasteiger partial charge < -0.3 is 10.1 Å². The Balaban J connectivity index is 2.13. The molecule has 0 amide bonds. The predicted molar refractivity (Wildman–Crippen MR) is 79.0 cm³/mol. The molecule has 0 aliphatic carbocycles. The highest BCUT2D eigenvalue weighted by atomic mass is 79.9. The fourth-order valence-electron chi connectivity index (χ4n) is 1.78. The summed E-state index contributed by atoms with van der Waals surface area (Å²) in [6.07, 6.45) is 0. The Morgan fingerprint density at radius 2 is 2.00 bits per heavy atom. The summed E-state index contributed by atoms with van der Waals surface area (Å²) < 4.78 is 33.0. The number of hydrogen-bond donors (Lipinski definition) is 1. The molecule has 0 unspecified atom stereocenters. The molecule has 0 atom stereocenters. The van der Waals surface area contributed by atoms with Crippen molar-refractivity contribution in [1.82, 2.24) is 0 Å². The molecule has 0 aliphatic rings. The molecule has 2 nitrogen and oxygen atoms in total. The molecule has 5 heteroatoms. The van der Waals surface area contributed by atoms with Gasteiger partial charge in [-0.25, -0.2) is 8.78 Å². The van der Waals surface area contributed by atoms with Crippen molar-refractivity contribution in [3.8, 4) is 5.75 Å². The van der Waals surface area contributed by atoms with Gasteiger partial charge in [-0.1, -0.05) is 6.07 Å². The molecule has 0 saturated carbocycles. The fraction of sp³-hybridized carbons (Fsp3) is 0.200. The van der Waals surface area contributed by atoms with Gasteiger partial charge in [-0.2, -0.15) is 0 Å². The Kier molecular flexibility index (Phi) is 4.95. The minimum atomic E-state index is -0.585. The van der Waals surface area contributed by atoms with E-state index in [1.165, 1.54) is 12.1 Å². The molecule has 1 N–H and O–H groups in total. The first-order valence-electron chi connectivity index (χ1n) is 6.21. The predicted octanol–water partition coefficient (Wildman–Crippen LogP) is 4.74. The van der Waals surface area contributed by atoms with Crippen molar-refractivity contribution >= 4 is 21.6 Å². The van der Waals surface area contributed by atoms with E-state index in [0.29, 0.717) is 12.4 Å². The molecule has 20 heavy (non-hydrogen) atoms. The highest BCUT2D eigenvalue weighted by Crippen LogP contribution is 2.23. The largest absolute Gasteiger partial charge is 0.494 e. The van der Waals surface area contributed by atoms with Gasteiger partial charge in [-0.05, 0) is 47.1 Å². The van der Waals surface area contributed by atoms with Crippen molar-refractivity contribution in [3.05, 3.63) is 58.1 Å². The maximum Gasteiger partial charge on any atom is 0.145 e. The van der Waals surface area contributed by atoms with E-state index in [4.69, 9.17) is 4.74 Å². The molecular weight excluding hydrogens is 328 g/mol. The van der Waals surface area contributed by atoms with Gasteiger partial charge in [0.2, 0.25) is 0 Å². The first-order chi connectivity index (χ1) is 9.61. The molecule has 2 rings (SSSR count). The van der Waals surface area contributed by atoms with Crippen LogP contribution in [0.1, 0.15) is 12.5 Å². The van der Waals surface area contributed by atoms with Crippen molar-refractivity contribution in [2.24, 2.45) is 0 Å². The number of anilines is 1. The lowest BCUT2D eigenvalue weighted by atomic mass is 10.2. The van der Waals surface area contributed by atoms with E-state index >= 15 is 0 Å². The lowest BCUT2D eigenvalue weighted by Crippen LogP contribution is -2.05. The number of rotatable bonds is 5. The molecule has 0 saturated heterocycles. The van der Waals surface area contributed by atoms with Crippen LogP contribution in [0.2, 0.25) is 0 Å². The molecule has 2 aromatic carbocycles. The molecule has 2 aromatic rings. The van der Waals surface area contributed by atoms with Crippen LogP contribution in [0.4, 0.5) is 14.5 Å². The molecule has 0 radical (unpaired) electrons. The van der Waals surface area contributed by atoms with Gasteiger partial charge in [0.15, 0.2) is 0 Å². The van der Waals surface area contributed by atoms with Crippen LogP contribution in [-0.2, 0) is 6.54 Å². The normalized spacial score (nSPS) is 10.4. The molecule has 0 spiro atoms. The molecule has 0 heterocycles. The zero-order valence-corrected chi connectivity index (χ0v) is 12.5. The number of halogens is 3. The summed E-state index contributed by atoms with van der Waals surface area (Å²) in [4.78, 5) is 0. The van der Waals surface area contributed by atoms with Crippen LogP contribution in [0.3, 0.4) is 0 Å².